The number of esters is 1. The summed E-state index contributed by atoms with van der Waals surface area (Å²) in [5.74, 6) is -1.36. The number of aliphatic carboxylic acids is 1. The molecule has 230 valence electrons. The molecule has 0 saturated heterocycles. The highest BCUT2D eigenvalue weighted by Gasteiger charge is 2.21. The molecule has 0 aromatic carbocycles. The van der Waals surface area contributed by atoms with Crippen LogP contribution in [-0.2, 0) is 14.3 Å². The lowest BCUT2D eigenvalue weighted by atomic mass is 10.0. The van der Waals surface area contributed by atoms with Crippen molar-refractivity contribution in [2.75, 3.05) is 0 Å². The van der Waals surface area contributed by atoms with Gasteiger partial charge in [0.25, 0.3) is 0 Å². The van der Waals surface area contributed by atoms with Crippen LogP contribution in [0.1, 0.15) is 193 Å². The molecule has 0 saturated carbocycles. The highest BCUT2D eigenvalue weighted by molar-refractivity contribution is 5.77. The maximum absolute atomic E-state index is 12.1. The lowest BCUT2D eigenvalue weighted by molar-refractivity contribution is -0.164. The third-order valence-electron chi connectivity index (χ3n) is 7.91. The molecule has 0 bridgehead atoms. The quantitative estimate of drug-likeness (QED) is 0.0514. The van der Waals surface area contributed by atoms with Gasteiger partial charge < -0.3 is 9.84 Å². The molecule has 1 N–H and O–H groups in total. The Kier molecular flexibility index (Phi) is 30.2. The summed E-state index contributed by atoms with van der Waals surface area (Å²) >= 11 is 0. The van der Waals surface area contributed by atoms with E-state index in [1.165, 1.54) is 128 Å². The predicted molar refractivity (Wildman–Crippen MR) is 167 cm³/mol. The molecule has 1 unspecified atom stereocenters. The Balaban J connectivity index is 3.50. The van der Waals surface area contributed by atoms with E-state index in [1.54, 1.807) is 0 Å². The minimum absolute atomic E-state index is 0.336. The molecule has 0 heterocycles. The first-order chi connectivity index (χ1) is 19.1. The molecule has 0 aromatic rings. The smallest absolute Gasteiger partial charge is 0.345 e. The average Bonchev–Trinajstić information content (AvgIpc) is 2.92. The van der Waals surface area contributed by atoms with Crippen molar-refractivity contribution >= 4 is 11.9 Å². The summed E-state index contributed by atoms with van der Waals surface area (Å²) in [6, 6.07) is 0. The van der Waals surface area contributed by atoms with Crippen molar-refractivity contribution in [1.82, 2.24) is 0 Å². The van der Waals surface area contributed by atoms with Crippen molar-refractivity contribution < 1.29 is 19.4 Å². The molecule has 0 aromatic heterocycles. The zero-order chi connectivity index (χ0) is 28.7. The number of carbonyl (C=O) groups is 2. The van der Waals surface area contributed by atoms with Gasteiger partial charge >= 0.3 is 11.9 Å². The Bertz CT molecular complexity index is 545. The van der Waals surface area contributed by atoms with Gasteiger partial charge in [-0.25, -0.2) is 4.79 Å². The Morgan fingerprint density at radius 3 is 1.33 bits per heavy atom. The van der Waals surface area contributed by atoms with Gasteiger partial charge in [0.15, 0.2) is 6.10 Å². The van der Waals surface area contributed by atoms with Crippen LogP contribution in [0.4, 0.5) is 0 Å². The lowest BCUT2D eigenvalue weighted by Gasteiger charge is -2.13. The molecule has 0 spiro atoms. The summed E-state index contributed by atoms with van der Waals surface area (Å²) in [5.41, 5.74) is 0. The number of allylic oxidation sites excluding steroid dienone is 1. The van der Waals surface area contributed by atoms with Crippen molar-refractivity contribution in [2.24, 2.45) is 0 Å². The molecule has 4 nitrogen and oxygen atoms in total. The first kappa shape index (κ1) is 37.7. The van der Waals surface area contributed by atoms with E-state index in [9.17, 15) is 14.7 Å². The molecule has 0 radical (unpaired) electrons. The maximum atomic E-state index is 12.1. The van der Waals surface area contributed by atoms with Gasteiger partial charge in [0.1, 0.15) is 0 Å². The topological polar surface area (TPSA) is 63.6 Å². The molecule has 1 atom stereocenters. The van der Waals surface area contributed by atoms with E-state index < -0.39 is 12.1 Å². The van der Waals surface area contributed by atoms with Crippen LogP contribution in [0.25, 0.3) is 0 Å². The van der Waals surface area contributed by atoms with Crippen molar-refractivity contribution in [2.45, 2.75) is 199 Å². The van der Waals surface area contributed by atoms with E-state index in [2.05, 4.69) is 13.5 Å². The summed E-state index contributed by atoms with van der Waals surface area (Å²) in [7, 11) is 0. The fraction of sp³-hybridized carbons (Fsp3) is 0.886. The number of hydrogen-bond donors (Lipinski definition) is 1. The van der Waals surface area contributed by atoms with Gasteiger partial charge in [0.2, 0.25) is 0 Å². The number of carboxylic acids is 1. The van der Waals surface area contributed by atoms with Gasteiger partial charge in [-0.2, -0.15) is 0 Å². The Morgan fingerprint density at radius 2 is 0.949 bits per heavy atom. The van der Waals surface area contributed by atoms with Crippen LogP contribution < -0.4 is 0 Å². The standard InChI is InChI=1S/C35H66O4/c1-3-5-7-9-11-13-15-16-17-18-19-20-21-22-23-25-27-29-31-33(35(37)38)39-34(36)32-30-28-26-24-14-12-10-8-6-4-2/h4,33H,2-3,5-32H2,1H3,(H,37,38). The summed E-state index contributed by atoms with van der Waals surface area (Å²) < 4.78 is 5.28. The number of unbranched alkanes of at least 4 members (excludes halogenated alkanes) is 25. The van der Waals surface area contributed by atoms with Gasteiger partial charge in [-0.3, -0.25) is 4.79 Å². The number of rotatable bonds is 32. The van der Waals surface area contributed by atoms with Crippen LogP contribution in [0.3, 0.4) is 0 Å². The van der Waals surface area contributed by atoms with Crippen LogP contribution in [0.5, 0.6) is 0 Å². The number of carboxylic acid groups (broad SMARTS) is 1. The van der Waals surface area contributed by atoms with Crippen LogP contribution >= 0.6 is 0 Å². The van der Waals surface area contributed by atoms with E-state index in [-0.39, 0.29) is 5.97 Å². The second-order valence-electron chi connectivity index (χ2n) is 11.8. The molecule has 4 heteroatoms. The average molecular weight is 551 g/mol. The lowest BCUT2D eigenvalue weighted by Crippen LogP contribution is -2.27. The fourth-order valence-corrected chi connectivity index (χ4v) is 5.30. The largest absolute Gasteiger partial charge is 0.479 e. The summed E-state index contributed by atoms with van der Waals surface area (Å²) in [6.07, 6.45) is 35.7. The molecule has 0 aliphatic rings. The van der Waals surface area contributed by atoms with Gasteiger partial charge in [0.05, 0.1) is 0 Å². The van der Waals surface area contributed by atoms with Crippen molar-refractivity contribution in [1.29, 1.82) is 0 Å². The first-order valence-electron chi connectivity index (χ1n) is 17.1. The monoisotopic (exact) mass is 550 g/mol. The van der Waals surface area contributed by atoms with Crippen LogP contribution in [0.2, 0.25) is 0 Å². The van der Waals surface area contributed by atoms with E-state index in [4.69, 9.17) is 4.74 Å². The zero-order valence-electron chi connectivity index (χ0n) is 26.0. The van der Waals surface area contributed by atoms with Crippen LogP contribution in [0.15, 0.2) is 12.7 Å². The summed E-state index contributed by atoms with van der Waals surface area (Å²) in [5, 5.41) is 9.43. The van der Waals surface area contributed by atoms with Gasteiger partial charge in [-0.05, 0) is 32.1 Å². The predicted octanol–water partition coefficient (Wildman–Crippen LogP) is 11.5. The SMILES string of the molecule is C=CCCCCCCCCCCC(=O)OC(CCCCCCCCCCCCCCCCCCCC)C(=O)O. The van der Waals surface area contributed by atoms with Crippen molar-refractivity contribution in [3.63, 3.8) is 0 Å². The third kappa shape index (κ3) is 29.5. The maximum Gasteiger partial charge on any atom is 0.345 e. The van der Waals surface area contributed by atoms with E-state index in [1.807, 2.05) is 6.08 Å². The summed E-state index contributed by atoms with van der Waals surface area (Å²) in [4.78, 5) is 23.6. The number of hydrogen-bond acceptors (Lipinski definition) is 3. The second-order valence-corrected chi connectivity index (χ2v) is 11.8. The number of carbonyl (C=O) groups excluding carboxylic acids is 1. The van der Waals surface area contributed by atoms with Crippen molar-refractivity contribution in [3.8, 4) is 0 Å². The van der Waals surface area contributed by atoms with Crippen molar-refractivity contribution in [3.05, 3.63) is 12.7 Å². The fourth-order valence-electron chi connectivity index (χ4n) is 5.30. The van der Waals surface area contributed by atoms with Gasteiger partial charge in [-0.15, -0.1) is 6.58 Å². The molecule has 0 rings (SSSR count). The number of ether oxygens (including phenoxy) is 1. The van der Waals surface area contributed by atoms with E-state index in [0.717, 1.165) is 44.9 Å². The molecule has 0 fully saturated rings. The molecule has 39 heavy (non-hydrogen) atoms. The molecule has 0 aliphatic heterocycles. The minimum atomic E-state index is -1.01. The molecule has 0 amide bonds. The molecule has 0 aliphatic carbocycles. The van der Waals surface area contributed by atoms with Crippen LogP contribution in [0, 0.1) is 0 Å². The zero-order valence-corrected chi connectivity index (χ0v) is 26.0. The Labute approximate surface area is 243 Å². The highest BCUT2D eigenvalue weighted by Crippen LogP contribution is 2.16. The van der Waals surface area contributed by atoms with Gasteiger partial charge in [0, 0.05) is 6.42 Å². The molecular weight excluding hydrogens is 484 g/mol. The Morgan fingerprint density at radius 1 is 0.590 bits per heavy atom. The second kappa shape index (κ2) is 31.2. The van der Waals surface area contributed by atoms with Crippen LogP contribution in [-0.4, -0.2) is 23.1 Å². The Hall–Kier alpha value is -1.32. The van der Waals surface area contributed by atoms with E-state index >= 15 is 0 Å². The summed E-state index contributed by atoms with van der Waals surface area (Å²) in [6.45, 7) is 6.03. The van der Waals surface area contributed by atoms with Gasteiger partial charge in [-0.1, -0.05) is 161 Å². The first-order valence-corrected chi connectivity index (χ1v) is 17.1. The van der Waals surface area contributed by atoms with E-state index in [0.29, 0.717) is 12.8 Å². The third-order valence-corrected chi connectivity index (χ3v) is 7.91. The normalized spacial score (nSPS) is 11.9. The highest BCUT2D eigenvalue weighted by atomic mass is 16.6. The minimum Gasteiger partial charge on any atom is -0.479 e. The molecular formula is C35H66O4.